The Bertz CT molecular complexity index is 662. The average Bonchev–Trinajstić information content (AvgIpc) is 2.74. The number of pyridine rings is 1. The van der Waals surface area contributed by atoms with Crippen LogP contribution in [0.5, 0.6) is 0 Å². The fourth-order valence-corrected chi connectivity index (χ4v) is 3.06. The van der Waals surface area contributed by atoms with Gasteiger partial charge in [-0.3, -0.25) is 4.40 Å². The molecule has 2 aromatic rings. The van der Waals surface area contributed by atoms with Crippen molar-refractivity contribution >= 4 is 17.3 Å². The Morgan fingerprint density at radius 2 is 2.20 bits per heavy atom. The van der Waals surface area contributed by atoms with Crippen LogP contribution in [-0.4, -0.2) is 33.0 Å². The summed E-state index contributed by atoms with van der Waals surface area (Å²) in [6, 6.07) is 4.43. The lowest BCUT2D eigenvalue weighted by Gasteiger charge is -2.35. The van der Waals surface area contributed by atoms with Crippen LogP contribution in [0, 0.1) is 6.92 Å². The smallest absolute Gasteiger partial charge is 0.354 e. The molecule has 5 nitrogen and oxygen atoms in total. The van der Waals surface area contributed by atoms with Crippen molar-refractivity contribution in [1.82, 2.24) is 9.38 Å². The van der Waals surface area contributed by atoms with Gasteiger partial charge < -0.3 is 10.0 Å². The molecule has 5 heteroatoms. The van der Waals surface area contributed by atoms with Crippen molar-refractivity contribution < 1.29 is 9.90 Å². The lowest BCUT2D eigenvalue weighted by atomic mass is 10.0. The van der Waals surface area contributed by atoms with Crippen LogP contribution in [0.1, 0.15) is 42.4 Å². The number of aromatic carboxylic acids is 1. The van der Waals surface area contributed by atoms with E-state index in [0.717, 1.165) is 12.2 Å². The Morgan fingerprint density at radius 1 is 1.40 bits per heavy atom. The molecule has 20 heavy (non-hydrogen) atoms. The second-order valence-corrected chi connectivity index (χ2v) is 5.50. The van der Waals surface area contributed by atoms with Gasteiger partial charge in [0.1, 0.15) is 5.65 Å². The van der Waals surface area contributed by atoms with Gasteiger partial charge in [0, 0.05) is 18.8 Å². The van der Waals surface area contributed by atoms with Gasteiger partial charge in [-0.1, -0.05) is 0 Å². The first kappa shape index (κ1) is 13.0. The van der Waals surface area contributed by atoms with E-state index in [2.05, 4.69) is 16.8 Å². The molecule has 3 heterocycles. The van der Waals surface area contributed by atoms with Crippen molar-refractivity contribution in [3.8, 4) is 0 Å². The lowest BCUT2D eigenvalue weighted by Crippen LogP contribution is -2.37. The number of hydrogen-bond donors (Lipinski definition) is 1. The fourth-order valence-electron chi connectivity index (χ4n) is 3.06. The first-order valence-electron chi connectivity index (χ1n) is 7.06. The molecule has 0 radical (unpaired) electrons. The van der Waals surface area contributed by atoms with E-state index in [-0.39, 0.29) is 5.69 Å². The number of fused-ring (bicyclic) bond motifs is 1. The van der Waals surface area contributed by atoms with Crippen molar-refractivity contribution in [3.63, 3.8) is 0 Å². The zero-order chi connectivity index (χ0) is 14.3. The maximum atomic E-state index is 11.4. The number of imidazole rings is 1. The second-order valence-electron chi connectivity index (χ2n) is 5.50. The highest BCUT2D eigenvalue weighted by molar-refractivity contribution is 5.88. The molecule has 1 fully saturated rings. The third-order valence-electron chi connectivity index (χ3n) is 4.11. The Morgan fingerprint density at radius 3 is 2.90 bits per heavy atom. The van der Waals surface area contributed by atoms with E-state index < -0.39 is 5.97 Å². The topological polar surface area (TPSA) is 57.8 Å². The zero-order valence-corrected chi connectivity index (χ0v) is 11.8. The van der Waals surface area contributed by atoms with E-state index in [0.29, 0.717) is 17.4 Å². The number of aryl methyl sites for hydroxylation is 1. The van der Waals surface area contributed by atoms with Crippen molar-refractivity contribution in [2.75, 3.05) is 11.4 Å². The second kappa shape index (κ2) is 4.81. The number of carboxylic acids is 1. The molecular weight excluding hydrogens is 254 g/mol. The summed E-state index contributed by atoms with van der Waals surface area (Å²) in [4.78, 5) is 18.0. The molecule has 0 aliphatic carbocycles. The first-order valence-corrected chi connectivity index (χ1v) is 7.06. The highest BCUT2D eigenvalue weighted by Crippen LogP contribution is 2.25. The Balaban J connectivity index is 2.09. The van der Waals surface area contributed by atoms with Crippen LogP contribution >= 0.6 is 0 Å². The molecule has 2 aromatic heterocycles. The van der Waals surface area contributed by atoms with Crippen LogP contribution in [0.2, 0.25) is 0 Å². The van der Waals surface area contributed by atoms with Gasteiger partial charge in [0.15, 0.2) is 5.69 Å². The van der Waals surface area contributed by atoms with E-state index in [1.807, 2.05) is 18.3 Å². The minimum absolute atomic E-state index is 0.256. The summed E-state index contributed by atoms with van der Waals surface area (Å²) >= 11 is 0. The van der Waals surface area contributed by atoms with Crippen LogP contribution in [0.25, 0.3) is 5.65 Å². The van der Waals surface area contributed by atoms with Crippen molar-refractivity contribution in [1.29, 1.82) is 0 Å². The normalized spacial score (nSPS) is 19.5. The highest BCUT2D eigenvalue weighted by atomic mass is 16.4. The molecule has 3 rings (SSSR count). The molecule has 1 N–H and O–H groups in total. The predicted octanol–water partition coefficient (Wildman–Crippen LogP) is 2.72. The van der Waals surface area contributed by atoms with E-state index >= 15 is 0 Å². The van der Waals surface area contributed by atoms with E-state index in [9.17, 15) is 9.90 Å². The van der Waals surface area contributed by atoms with Gasteiger partial charge in [-0.05, 0) is 45.2 Å². The summed E-state index contributed by atoms with van der Waals surface area (Å²) in [5, 5.41) is 9.33. The molecule has 0 amide bonds. The summed E-state index contributed by atoms with van der Waals surface area (Å²) in [7, 11) is 0. The molecule has 1 atom stereocenters. The Kier molecular flexibility index (Phi) is 3.12. The molecule has 0 saturated carbocycles. The number of hydrogen-bond acceptors (Lipinski definition) is 3. The molecule has 0 spiro atoms. The van der Waals surface area contributed by atoms with Crippen LogP contribution < -0.4 is 4.90 Å². The van der Waals surface area contributed by atoms with E-state index in [1.165, 1.54) is 19.3 Å². The van der Waals surface area contributed by atoms with Gasteiger partial charge in [-0.2, -0.15) is 0 Å². The SMILES string of the molecule is Cc1nc2ccc(N3CCCCC3C)cn2c1C(=O)O. The summed E-state index contributed by atoms with van der Waals surface area (Å²) < 4.78 is 1.69. The maximum absolute atomic E-state index is 11.4. The lowest BCUT2D eigenvalue weighted by molar-refractivity contribution is 0.0688. The van der Waals surface area contributed by atoms with Crippen molar-refractivity contribution in [2.45, 2.75) is 39.2 Å². The summed E-state index contributed by atoms with van der Waals surface area (Å²) in [5.74, 6) is -0.932. The molecule has 1 saturated heterocycles. The summed E-state index contributed by atoms with van der Waals surface area (Å²) in [5.41, 5.74) is 2.57. The molecule has 0 aromatic carbocycles. The molecule has 0 bridgehead atoms. The first-order chi connectivity index (χ1) is 9.58. The number of anilines is 1. The molecule has 1 aliphatic rings. The number of nitrogens with zero attached hydrogens (tertiary/aromatic N) is 3. The van der Waals surface area contributed by atoms with Crippen molar-refractivity contribution in [3.05, 3.63) is 29.7 Å². The highest BCUT2D eigenvalue weighted by Gasteiger charge is 2.21. The van der Waals surface area contributed by atoms with Gasteiger partial charge in [-0.15, -0.1) is 0 Å². The zero-order valence-electron chi connectivity index (χ0n) is 11.8. The number of carbonyl (C=O) groups is 1. The monoisotopic (exact) mass is 273 g/mol. The largest absolute Gasteiger partial charge is 0.477 e. The van der Waals surface area contributed by atoms with Gasteiger partial charge in [0.25, 0.3) is 0 Å². The van der Waals surface area contributed by atoms with Crippen LogP contribution in [0.4, 0.5) is 5.69 Å². The summed E-state index contributed by atoms with van der Waals surface area (Å²) in [6.45, 7) is 4.99. The van der Waals surface area contributed by atoms with E-state index in [1.54, 1.807) is 11.3 Å². The van der Waals surface area contributed by atoms with Gasteiger partial charge in [0.05, 0.1) is 11.4 Å². The maximum Gasteiger partial charge on any atom is 0.354 e. The predicted molar refractivity (Wildman–Crippen MR) is 77.5 cm³/mol. The van der Waals surface area contributed by atoms with Crippen LogP contribution in [-0.2, 0) is 0 Å². The minimum atomic E-state index is -0.932. The van der Waals surface area contributed by atoms with Crippen LogP contribution in [0.15, 0.2) is 18.3 Å². The Labute approximate surface area is 117 Å². The third kappa shape index (κ3) is 2.03. The fraction of sp³-hybridized carbons (Fsp3) is 0.467. The quantitative estimate of drug-likeness (QED) is 0.914. The summed E-state index contributed by atoms with van der Waals surface area (Å²) in [6.07, 6.45) is 5.55. The molecular formula is C15H19N3O2. The van der Waals surface area contributed by atoms with E-state index in [4.69, 9.17) is 0 Å². The molecule has 106 valence electrons. The number of piperidine rings is 1. The molecule has 1 aliphatic heterocycles. The van der Waals surface area contributed by atoms with Gasteiger partial charge >= 0.3 is 5.97 Å². The van der Waals surface area contributed by atoms with Gasteiger partial charge in [-0.25, -0.2) is 9.78 Å². The third-order valence-corrected chi connectivity index (χ3v) is 4.11. The molecule has 1 unspecified atom stereocenters. The average molecular weight is 273 g/mol. The Hall–Kier alpha value is -2.04. The standard InChI is InChI=1S/C15H19N3O2/c1-10-5-3-4-8-17(10)12-6-7-13-16-11(2)14(15(19)20)18(13)9-12/h6-7,9-10H,3-5,8H2,1-2H3,(H,19,20). The van der Waals surface area contributed by atoms with Crippen molar-refractivity contribution in [2.24, 2.45) is 0 Å². The number of carboxylic acid groups (broad SMARTS) is 1. The van der Waals surface area contributed by atoms with Gasteiger partial charge in [0.2, 0.25) is 0 Å². The minimum Gasteiger partial charge on any atom is -0.477 e. The van der Waals surface area contributed by atoms with Crippen LogP contribution in [0.3, 0.4) is 0 Å². The number of aromatic nitrogens is 2. The number of rotatable bonds is 2.